The zero-order valence-corrected chi connectivity index (χ0v) is 7.01. The number of hydrogen-bond donors (Lipinski definition) is 1. The Kier molecular flexibility index (Phi) is 1.92. The first kappa shape index (κ1) is 8.10. The van der Waals surface area contributed by atoms with Gasteiger partial charge in [0.15, 0.2) is 5.82 Å². The first-order valence-corrected chi connectivity index (χ1v) is 4.15. The zero-order valence-electron chi connectivity index (χ0n) is 7.01. The fraction of sp³-hybridized carbons (Fsp3) is 0.500. The summed E-state index contributed by atoms with van der Waals surface area (Å²) < 4.78 is 4.68. The largest absolute Gasteiger partial charge is 0.481 e. The highest BCUT2D eigenvalue weighted by molar-refractivity contribution is 5.71. The van der Waals surface area contributed by atoms with Gasteiger partial charge in [-0.3, -0.25) is 4.79 Å². The van der Waals surface area contributed by atoms with E-state index >= 15 is 0 Å². The van der Waals surface area contributed by atoms with Crippen LogP contribution in [0.25, 0.3) is 0 Å². The summed E-state index contributed by atoms with van der Waals surface area (Å²) in [5.41, 5.74) is 0. The molecule has 1 aliphatic heterocycles. The van der Waals surface area contributed by atoms with Gasteiger partial charge in [-0.15, -0.1) is 0 Å². The van der Waals surface area contributed by atoms with Crippen LogP contribution >= 0.6 is 0 Å². The Labute approximate surface area is 74.9 Å². The fourth-order valence-corrected chi connectivity index (χ4v) is 1.54. The molecule has 0 saturated carbocycles. The van der Waals surface area contributed by atoms with Gasteiger partial charge in [0.25, 0.3) is 0 Å². The number of anilines is 1. The second-order valence-electron chi connectivity index (χ2n) is 3.13. The molecule has 70 valence electrons. The topological polar surface area (TPSA) is 66.6 Å². The number of carboxylic acid groups (broad SMARTS) is 1. The summed E-state index contributed by atoms with van der Waals surface area (Å²) >= 11 is 0. The second-order valence-corrected chi connectivity index (χ2v) is 3.13. The highest BCUT2D eigenvalue weighted by atomic mass is 16.5. The molecule has 13 heavy (non-hydrogen) atoms. The number of carboxylic acids is 1. The molecule has 0 bridgehead atoms. The summed E-state index contributed by atoms with van der Waals surface area (Å²) in [6.07, 6.45) is 2.17. The maximum absolute atomic E-state index is 10.6. The lowest BCUT2D eigenvalue weighted by Crippen LogP contribution is -2.22. The van der Waals surface area contributed by atoms with Crippen molar-refractivity contribution in [1.29, 1.82) is 0 Å². The van der Waals surface area contributed by atoms with Gasteiger partial charge < -0.3 is 14.5 Å². The van der Waals surface area contributed by atoms with Gasteiger partial charge >= 0.3 is 5.97 Å². The molecule has 1 fully saturated rings. The van der Waals surface area contributed by atoms with E-state index in [-0.39, 0.29) is 5.92 Å². The number of carbonyl (C=O) groups is 1. The predicted octanol–water partition coefficient (Wildman–Crippen LogP) is 0.585. The Balaban J connectivity index is 2.03. The van der Waals surface area contributed by atoms with Crippen molar-refractivity contribution >= 4 is 11.8 Å². The van der Waals surface area contributed by atoms with Gasteiger partial charge in [-0.2, -0.15) is 0 Å². The molecule has 2 rings (SSSR count). The number of rotatable bonds is 2. The summed E-state index contributed by atoms with van der Waals surface area (Å²) in [7, 11) is 0. The molecule has 5 heteroatoms. The van der Waals surface area contributed by atoms with E-state index in [1.807, 2.05) is 4.90 Å². The average Bonchev–Trinajstić information content (AvgIpc) is 2.75. The van der Waals surface area contributed by atoms with Crippen molar-refractivity contribution in [1.82, 2.24) is 5.16 Å². The minimum atomic E-state index is -0.731. The Morgan fingerprint density at radius 3 is 3.15 bits per heavy atom. The van der Waals surface area contributed by atoms with Gasteiger partial charge in [-0.25, -0.2) is 0 Å². The molecule has 1 aromatic heterocycles. The van der Waals surface area contributed by atoms with Crippen molar-refractivity contribution in [2.75, 3.05) is 18.0 Å². The molecule has 1 aromatic rings. The summed E-state index contributed by atoms with van der Waals surface area (Å²) in [6, 6.07) is 1.74. The van der Waals surface area contributed by atoms with Crippen LogP contribution in [-0.2, 0) is 4.79 Å². The average molecular weight is 182 g/mol. The molecule has 0 amide bonds. The highest BCUT2D eigenvalue weighted by Crippen LogP contribution is 2.21. The summed E-state index contributed by atoms with van der Waals surface area (Å²) in [6.45, 7) is 1.27. The fourth-order valence-electron chi connectivity index (χ4n) is 1.54. The minimum absolute atomic E-state index is 0.267. The van der Waals surface area contributed by atoms with E-state index in [0.717, 1.165) is 12.4 Å². The van der Waals surface area contributed by atoms with E-state index in [4.69, 9.17) is 5.11 Å². The van der Waals surface area contributed by atoms with Crippen LogP contribution in [-0.4, -0.2) is 29.3 Å². The van der Waals surface area contributed by atoms with Crippen molar-refractivity contribution in [2.24, 2.45) is 5.92 Å². The van der Waals surface area contributed by atoms with Crippen molar-refractivity contribution in [2.45, 2.75) is 6.42 Å². The summed E-state index contributed by atoms with van der Waals surface area (Å²) in [4.78, 5) is 12.6. The van der Waals surface area contributed by atoms with E-state index in [1.54, 1.807) is 6.07 Å². The Morgan fingerprint density at radius 1 is 1.77 bits per heavy atom. The molecular weight excluding hydrogens is 172 g/mol. The van der Waals surface area contributed by atoms with Crippen molar-refractivity contribution < 1.29 is 14.4 Å². The molecule has 5 nitrogen and oxygen atoms in total. The van der Waals surface area contributed by atoms with Crippen molar-refractivity contribution in [3.05, 3.63) is 12.3 Å². The SMILES string of the molecule is O=C(O)C1CCN(c2ccon2)C1. The molecule has 1 N–H and O–H groups in total. The van der Waals surface area contributed by atoms with Crippen LogP contribution in [0.2, 0.25) is 0 Å². The summed E-state index contributed by atoms with van der Waals surface area (Å²) in [5, 5.41) is 12.5. The minimum Gasteiger partial charge on any atom is -0.481 e. The summed E-state index contributed by atoms with van der Waals surface area (Å²) in [5.74, 6) is -0.272. The highest BCUT2D eigenvalue weighted by Gasteiger charge is 2.28. The Morgan fingerprint density at radius 2 is 2.62 bits per heavy atom. The van der Waals surface area contributed by atoms with Crippen LogP contribution < -0.4 is 4.90 Å². The molecular formula is C8H10N2O3. The number of hydrogen-bond acceptors (Lipinski definition) is 4. The molecule has 1 saturated heterocycles. The van der Waals surface area contributed by atoms with Crippen LogP contribution in [0.15, 0.2) is 16.9 Å². The van der Waals surface area contributed by atoms with Gasteiger partial charge in [0.05, 0.1) is 5.92 Å². The number of nitrogens with zero attached hydrogens (tertiary/aromatic N) is 2. The third kappa shape index (κ3) is 1.49. The lowest BCUT2D eigenvalue weighted by molar-refractivity contribution is -0.140. The van der Waals surface area contributed by atoms with Gasteiger partial charge in [0, 0.05) is 19.2 Å². The van der Waals surface area contributed by atoms with Gasteiger partial charge in [0.1, 0.15) is 6.26 Å². The molecule has 0 radical (unpaired) electrons. The van der Waals surface area contributed by atoms with E-state index in [2.05, 4.69) is 9.68 Å². The lowest BCUT2D eigenvalue weighted by Gasteiger charge is -2.12. The first-order valence-electron chi connectivity index (χ1n) is 4.15. The van der Waals surface area contributed by atoms with Gasteiger partial charge in [-0.1, -0.05) is 5.16 Å². The van der Waals surface area contributed by atoms with Crippen LogP contribution in [0.4, 0.5) is 5.82 Å². The predicted molar refractivity (Wildman–Crippen MR) is 44.5 cm³/mol. The monoisotopic (exact) mass is 182 g/mol. The normalized spacial score (nSPS) is 22.2. The van der Waals surface area contributed by atoms with Crippen LogP contribution in [0, 0.1) is 5.92 Å². The first-order chi connectivity index (χ1) is 6.27. The number of aliphatic carboxylic acids is 1. The maximum atomic E-state index is 10.6. The molecule has 0 aliphatic carbocycles. The molecule has 1 unspecified atom stereocenters. The standard InChI is InChI=1S/C8H10N2O3/c11-8(12)6-1-3-10(5-6)7-2-4-13-9-7/h2,4,6H,1,3,5H2,(H,11,12). The van der Waals surface area contributed by atoms with E-state index in [0.29, 0.717) is 13.0 Å². The Hall–Kier alpha value is -1.52. The lowest BCUT2D eigenvalue weighted by atomic mass is 10.1. The molecule has 1 aliphatic rings. The van der Waals surface area contributed by atoms with Crippen LogP contribution in [0.3, 0.4) is 0 Å². The zero-order chi connectivity index (χ0) is 9.26. The van der Waals surface area contributed by atoms with Crippen LogP contribution in [0.5, 0.6) is 0 Å². The van der Waals surface area contributed by atoms with Crippen LogP contribution in [0.1, 0.15) is 6.42 Å². The van der Waals surface area contributed by atoms with E-state index in [9.17, 15) is 4.79 Å². The Bertz CT molecular complexity index is 296. The quantitative estimate of drug-likeness (QED) is 0.724. The van der Waals surface area contributed by atoms with E-state index in [1.165, 1.54) is 6.26 Å². The molecule has 2 heterocycles. The number of aromatic nitrogens is 1. The smallest absolute Gasteiger partial charge is 0.308 e. The third-order valence-electron chi connectivity index (χ3n) is 2.29. The van der Waals surface area contributed by atoms with Gasteiger partial charge in [-0.05, 0) is 6.42 Å². The molecule has 0 spiro atoms. The van der Waals surface area contributed by atoms with Crippen molar-refractivity contribution in [3.8, 4) is 0 Å². The molecule has 0 aromatic carbocycles. The van der Waals surface area contributed by atoms with Gasteiger partial charge in [0.2, 0.25) is 0 Å². The molecule has 1 atom stereocenters. The van der Waals surface area contributed by atoms with E-state index < -0.39 is 5.97 Å². The maximum Gasteiger partial charge on any atom is 0.308 e. The van der Waals surface area contributed by atoms with Crippen molar-refractivity contribution in [3.63, 3.8) is 0 Å². The second kappa shape index (κ2) is 3.08. The third-order valence-corrected chi connectivity index (χ3v) is 2.29.